The first-order valence-electron chi connectivity index (χ1n) is 11.0. The molecule has 0 fully saturated rings. The lowest BCUT2D eigenvalue weighted by atomic mass is 10.1. The molecule has 0 aliphatic heterocycles. The Bertz CT molecular complexity index is 1570. The van der Waals surface area contributed by atoms with Crippen LogP contribution < -0.4 is 14.2 Å². The second-order valence-electron chi connectivity index (χ2n) is 7.67. The summed E-state index contributed by atoms with van der Waals surface area (Å²) in [6.45, 7) is -0.215. The molecule has 0 bridgehead atoms. The maximum Gasteiger partial charge on any atom is 0.339 e. The van der Waals surface area contributed by atoms with Crippen LogP contribution in [0.2, 0.25) is 4.34 Å². The monoisotopic (exact) mass is 537 g/mol. The summed E-state index contributed by atoms with van der Waals surface area (Å²) in [4.78, 5) is 18.6. The van der Waals surface area contributed by atoms with Gasteiger partial charge in [-0.2, -0.15) is 0 Å². The number of benzene rings is 2. The van der Waals surface area contributed by atoms with Crippen molar-refractivity contribution in [3.63, 3.8) is 0 Å². The standard InChI is InChI=1S/C26H20ClN3O6S/c1-32-19-10-14(11-20(33-2)24(19)34-3)25-30-29-23(36-25)13-35-26(31)16-12-18(21-8-9-22(27)37-21)28-17-7-5-4-6-15(16)17/h4-12H,13H2,1-3H3. The molecule has 0 aliphatic rings. The Hall–Kier alpha value is -4.15. The first-order chi connectivity index (χ1) is 18.0. The molecule has 0 spiro atoms. The van der Waals surface area contributed by atoms with E-state index in [0.29, 0.717) is 49.3 Å². The number of rotatable bonds is 8. The summed E-state index contributed by atoms with van der Waals surface area (Å²) < 4.78 is 28.0. The summed E-state index contributed by atoms with van der Waals surface area (Å²) in [5.41, 5.74) is 2.22. The van der Waals surface area contributed by atoms with E-state index in [2.05, 4.69) is 15.2 Å². The molecule has 0 atom stereocenters. The number of para-hydroxylation sites is 1. The molecule has 188 valence electrons. The summed E-state index contributed by atoms with van der Waals surface area (Å²) in [6, 6.07) is 16.1. The zero-order valence-electron chi connectivity index (χ0n) is 20.0. The molecule has 3 aromatic heterocycles. The summed E-state index contributed by atoms with van der Waals surface area (Å²) in [7, 11) is 4.55. The number of aromatic nitrogens is 3. The van der Waals surface area contributed by atoms with Gasteiger partial charge in [0.25, 0.3) is 5.89 Å². The summed E-state index contributed by atoms with van der Waals surface area (Å²) in [6.07, 6.45) is 0. The fraction of sp³-hybridized carbons (Fsp3) is 0.154. The molecule has 37 heavy (non-hydrogen) atoms. The minimum atomic E-state index is -0.546. The highest BCUT2D eigenvalue weighted by atomic mass is 35.5. The smallest absolute Gasteiger partial charge is 0.339 e. The highest BCUT2D eigenvalue weighted by Crippen LogP contribution is 2.41. The highest BCUT2D eigenvalue weighted by Gasteiger charge is 2.20. The van der Waals surface area contributed by atoms with E-state index in [1.807, 2.05) is 30.3 Å². The molecular weight excluding hydrogens is 518 g/mol. The first kappa shape index (κ1) is 24.5. The molecule has 0 aliphatic carbocycles. The van der Waals surface area contributed by atoms with Gasteiger partial charge in [-0.15, -0.1) is 21.5 Å². The number of halogens is 1. The topological polar surface area (TPSA) is 106 Å². The Morgan fingerprint density at radius 2 is 1.73 bits per heavy atom. The van der Waals surface area contributed by atoms with E-state index < -0.39 is 5.97 Å². The third-order valence-corrected chi connectivity index (χ3v) is 6.72. The minimum Gasteiger partial charge on any atom is -0.493 e. The predicted molar refractivity (Wildman–Crippen MR) is 139 cm³/mol. The van der Waals surface area contributed by atoms with E-state index in [-0.39, 0.29) is 18.4 Å². The van der Waals surface area contributed by atoms with Gasteiger partial charge in [-0.05, 0) is 36.4 Å². The zero-order valence-corrected chi connectivity index (χ0v) is 21.6. The summed E-state index contributed by atoms with van der Waals surface area (Å²) in [5.74, 6) is 1.11. The Labute approximate surface area is 220 Å². The number of carbonyl (C=O) groups is 1. The van der Waals surface area contributed by atoms with Gasteiger partial charge >= 0.3 is 5.97 Å². The molecular formula is C26H20ClN3O6S. The number of fused-ring (bicyclic) bond motifs is 1. The van der Waals surface area contributed by atoms with Crippen molar-refractivity contribution in [1.29, 1.82) is 0 Å². The molecule has 3 heterocycles. The van der Waals surface area contributed by atoms with Gasteiger partial charge < -0.3 is 23.4 Å². The fourth-order valence-corrected chi connectivity index (χ4v) is 4.76. The van der Waals surface area contributed by atoms with Gasteiger partial charge in [0.05, 0.1) is 47.3 Å². The van der Waals surface area contributed by atoms with Crippen molar-refractivity contribution in [2.24, 2.45) is 0 Å². The third kappa shape index (κ3) is 4.93. The van der Waals surface area contributed by atoms with E-state index >= 15 is 0 Å². The van der Waals surface area contributed by atoms with E-state index in [0.717, 1.165) is 4.88 Å². The van der Waals surface area contributed by atoms with Gasteiger partial charge in [0.2, 0.25) is 11.6 Å². The lowest BCUT2D eigenvalue weighted by Gasteiger charge is -2.12. The average Bonchev–Trinajstić information content (AvgIpc) is 3.59. The molecule has 5 aromatic rings. The Morgan fingerprint density at radius 3 is 2.41 bits per heavy atom. The van der Waals surface area contributed by atoms with Crippen LogP contribution >= 0.6 is 22.9 Å². The van der Waals surface area contributed by atoms with Crippen LogP contribution in [-0.2, 0) is 11.3 Å². The molecule has 11 heteroatoms. The number of carbonyl (C=O) groups excluding carboxylic acids is 1. The van der Waals surface area contributed by atoms with E-state index in [9.17, 15) is 4.79 Å². The van der Waals surface area contributed by atoms with Crippen molar-refractivity contribution >= 4 is 39.8 Å². The van der Waals surface area contributed by atoms with Crippen LogP contribution in [0.4, 0.5) is 0 Å². The summed E-state index contributed by atoms with van der Waals surface area (Å²) in [5, 5.41) is 8.75. The largest absolute Gasteiger partial charge is 0.493 e. The minimum absolute atomic E-state index is 0.126. The number of ether oxygens (including phenoxy) is 4. The number of methoxy groups -OCH3 is 3. The Morgan fingerprint density at radius 1 is 0.973 bits per heavy atom. The van der Waals surface area contributed by atoms with Crippen molar-refractivity contribution in [2.75, 3.05) is 21.3 Å². The number of nitrogens with zero attached hydrogens (tertiary/aromatic N) is 3. The Balaban J connectivity index is 1.39. The average molecular weight is 538 g/mol. The quantitative estimate of drug-likeness (QED) is 0.219. The predicted octanol–water partition coefficient (Wildman–Crippen LogP) is 6.05. The molecule has 5 rings (SSSR count). The molecule has 9 nitrogen and oxygen atoms in total. The van der Waals surface area contributed by atoms with Crippen molar-refractivity contribution in [3.8, 4) is 39.3 Å². The van der Waals surface area contributed by atoms with Gasteiger partial charge in [0.1, 0.15) is 0 Å². The number of hydrogen-bond donors (Lipinski definition) is 0. The second-order valence-corrected chi connectivity index (χ2v) is 9.38. The number of esters is 1. The lowest BCUT2D eigenvalue weighted by molar-refractivity contribution is 0.0441. The molecule has 0 saturated heterocycles. The molecule has 0 radical (unpaired) electrons. The number of pyridine rings is 1. The lowest BCUT2D eigenvalue weighted by Crippen LogP contribution is -2.07. The third-order valence-electron chi connectivity index (χ3n) is 5.47. The highest BCUT2D eigenvalue weighted by molar-refractivity contribution is 7.19. The first-order valence-corrected chi connectivity index (χ1v) is 12.2. The van der Waals surface area contributed by atoms with Gasteiger partial charge in [0, 0.05) is 10.9 Å². The van der Waals surface area contributed by atoms with Gasteiger partial charge in [-0.25, -0.2) is 9.78 Å². The SMILES string of the molecule is COc1cc(-c2nnc(COC(=O)c3cc(-c4ccc(Cl)s4)nc4ccccc34)o2)cc(OC)c1OC. The van der Waals surface area contributed by atoms with Crippen LogP contribution in [0.3, 0.4) is 0 Å². The Kier molecular flexibility index (Phi) is 6.93. The molecule has 0 N–H and O–H groups in total. The maximum absolute atomic E-state index is 13.1. The summed E-state index contributed by atoms with van der Waals surface area (Å²) >= 11 is 7.48. The van der Waals surface area contributed by atoms with E-state index in [1.165, 1.54) is 32.7 Å². The number of thiophene rings is 1. The van der Waals surface area contributed by atoms with Crippen LogP contribution in [0.15, 0.2) is 59.0 Å². The van der Waals surface area contributed by atoms with Crippen LogP contribution in [0.1, 0.15) is 16.2 Å². The molecule has 2 aromatic carbocycles. The maximum atomic E-state index is 13.1. The molecule has 0 saturated carbocycles. The fourth-order valence-electron chi connectivity index (χ4n) is 3.76. The van der Waals surface area contributed by atoms with Crippen LogP contribution in [0, 0.1) is 0 Å². The van der Waals surface area contributed by atoms with Crippen LogP contribution in [0.5, 0.6) is 17.2 Å². The van der Waals surface area contributed by atoms with Crippen LogP contribution in [0.25, 0.3) is 32.9 Å². The van der Waals surface area contributed by atoms with Gasteiger partial charge in [0.15, 0.2) is 18.1 Å². The van der Waals surface area contributed by atoms with Crippen molar-refractivity contribution < 1.29 is 28.2 Å². The number of hydrogen-bond acceptors (Lipinski definition) is 10. The van der Waals surface area contributed by atoms with Gasteiger partial charge in [-0.1, -0.05) is 29.8 Å². The van der Waals surface area contributed by atoms with Crippen molar-refractivity contribution in [1.82, 2.24) is 15.2 Å². The normalized spacial score (nSPS) is 10.9. The second kappa shape index (κ2) is 10.5. The molecule has 0 unspecified atom stereocenters. The van der Waals surface area contributed by atoms with Crippen molar-refractivity contribution in [3.05, 3.63) is 70.4 Å². The van der Waals surface area contributed by atoms with Crippen LogP contribution in [-0.4, -0.2) is 42.5 Å². The van der Waals surface area contributed by atoms with Gasteiger partial charge in [-0.3, -0.25) is 0 Å². The van der Waals surface area contributed by atoms with Crippen molar-refractivity contribution in [2.45, 2.75) is 6.61 Å². The zero-order chi connectivity index (χ0) is 25.9. The molecule has 0 amide bonds. The van der Waals surface area contributed by atoms with E-state index in [4.69, 9.17) is 35.0 Å². The van der Waals surface area contributed by atoms with E-state index in [1.54, 1.807) is 24.3 Å².